The maximum absolute atomic E-state index is 6.08. The number of allylic oxidation sites excluding steroid dienone is 1. The SMILES string of the molecule is C=CCC(C)c1ccc(C)cc1OC(C)(C)C=C. The van der Waals surface area contributed by atoms with Gasteiger partial charge in [0, 0.05) is 0 Å². The molecular weight excluding hydrogens is 220 g/mol. The molecular formula is C17H24O. The Balaban J connectivity index is 3.11. The summed E-state index contributed by atoms with van der Waals surface area (Å²) in [7, 11) is 0. The topological polar surface area (TPSA) is 9.23 Å². The van der Waals surface area contributed by atoms with Crippen LogP contribution in [0.3, 0.4) is 0 Å². The van der Waals surface area contributed by atoms with Gasteiger partial charge in [-0.25, -0.2) is 0 Å². The zero-order chi connectivity index (χ0) is 13.8. The van der Waals surface area contributed by atoms with Gasteiger partial charge in [-0.15, -0.1) is 6.58 Å². The average molecular weight is 244 g/mol. The monoisotopic (exact) mass is 244 g/mol. The second-order valence-corrected chi connectivity index (χ2v) is 5.38. The van der Waals surface area contributed by atoms with Gasteiger partial charge in [0.25, 0.3) is 0 Å². The van der Waals surface area contributed by atoms with Crippen LogP contribution in [0, 0.1) is 6.92 Å². The lowest BCUT2D eigenvalue weighted by atomic mass is 9.95. The third-order valence-corrected chi connectivity index (χ3v) is 3.08. The average Bonchev–Trinajstić information content (AvgIpc) is 2.29. The zero-order valence-electron chi connectivity index (χ0n) is 12.0. The number of benzene rings is 1. The van der Waals surface area contributed by atoms with Crippen LogP contribution in [-0.2, 0) is 0 Å². The predicted molar refractivity (Wildman–Crippen MR) is 79.3 cm³/mol. The van der Waals surface area contributed by atoms with E-state index in [0.717, 1.165) is 12.2 Å². The molecule has 0 aliphatic heterocycles. The van der Waals surface area contributed by atoms with Crippen molar-refractivity contribution in [3.63, 3.8) is 0 Å². The van der Waals surface area contributed by atoms with Crippen molar-refractivity contribution < 1.29 is 4.74 Å². The second kappa shape index (κ2) is 5.90. The second-order valence-electron chi connectivity index (χ2n) is 5.38. The maximum atomic E-state index is 6.08. The molecule has 1 unspecified atom stereocenters. The van der Waals surface area contributed by atoms with E-state index in [1.807, 2.05) is 26.0 Å². The van der Waals surface area contributed by atoms with Crippen LogP contribution in [0.1, 0.15) is 44.2 Å². The number of rotatable bonds is 6. The first kappa shape index (κ1) is 14.6. The fourth-order valence-electron chi connectivity index (χ4n) is 1.84. The van der Waals surface area contributed by atoms with Crippen LogP contribution in [0.2, 0.25) is 0 Å². The van der Waals surface area contributed by atoms with Crippen LogP contribution in [0.4, 0.5) is 0 Å². The smallest absolute Gasteiger partial charge is 0.124 e. The lowest BCUT2D eigenvalue weighted by molar-refractivity contribution is 0.160. The van der Waals surface area contributed by atoms with E-state index < -0.39 is 0 Å². The Hall–Kier alpha value is -1.50. The van der Waals surface area contributed by atoms with Gasteiger partial charge in [-0.05, 0) is 56.4 Å². The molecule has 0 fully saturated rings. The zero-order valence-corrected chi connectivity index (χ0v) is 12.0. The van der Waals surface area contributed by atoms with Crippen LogP contribution in [0.25, 0.3) is 0 Å². The van der Waals surface area contributed by atoms with E-state index in [2.05, 4.69) is 45.2 Å². The Kier molecular flexibility index (Phi) is 4.77. The Morgan fingerprint density at radius 3 is 2.56 bits per heavy atom. The molecule has 1 rings (SSSR count). The Morgan fingerprint density at radius 1 is 1.33 bits per heavy atom. The van der Waals surface area contributed by atoms with Crippen molar-refractivity contribution in [2.45, 2.75) is 45.6 Å². The fourth-order valence-corrected chi connectivity index (χ4v) is 1.84. The van der Waals surface area contributed by atoms with Crippen molar-refractivity contribution in [1.82, 2.24) is 0 Å². The first-order chi connectivity index (χ1) is 8.39. The lowest BCUT2D eigenvalue weighted by Crippen LogP contribution is -2.25. The molecule has 1 atom stereocenters. The summed E-state index contributed by atoms with van der Waals surface area (Å²) in [6, 6.07) is 6.38. The van der Waals surface area contributed by atoms with Gasteiger partial charge in [0.2, 0.25) is 0 Å². The molecule has 1 aromatic rings. The molecule has 0 heterocycles. The molecule has 0 aliphatic rings. The maximum Gasteiger partial charge on any atom is 0.124 e. The highest BCUT2D eigenvalue weighted by Crippen LogP contribution is 2.32. The summed E-state index contributed by atoms with van der Waals surface area (Å²) in [6.45, 7) is 15.9. The highest BCUT2D eigenvalue weighted by atomic mass is 16.5. The molecule has 0 bridgehead atoms. The molecule has 18 heavy (non-hydrogen) atoms. The van der Waals surface area contributed by atoms with Gasteiger partial charge in [0.15, 0.2) is 0 Å². The molecule has 1 nitrogen and oxygen atoms in total. The first-order valence-electron chi connectivity index (χ1n) is 6.43. The van der Waals surface area contributed by atoms with E-state index in [4.69, 9.17) is 4.74 Å². The number of ether oxygens (including phenoxy) is 1. The fraction of sp³-hybridized carbons (Fsp3) is 0.412. The molecule has 0 saturated heterocycles. The van der Waals surface area contributed by atoms with E-state index in [9.17, 15) is 0 Å². The quantitative estimate of drug-likeness (QED) is 0.638. The van der Waals surface area contributed by atoms with Gasteiger partial charge in [-0.1, -0.05) is 31.7 Å². The van der Waals surface area contributed by atoms with E-state index in [-0.39, 0.29) is 5.60 Å². The number of aryl methyl sites for hydroxylation is 1. The molecule has 0 aromatic heterocycles. The summed E-state index contributed by atoms with van der Waals surface area (Å²) in [5, 5.41) is 0. The van der Waals surface area contributed by atoms with Crippen molar-refractivity contribution in [2.75, 3.05) is 0 Å². The molecule has 0 saturated carbocycles. The molecule has 0 aliphatic carbocycles. The molecule has 0 amide bonds. The van der Waals surface area contributed by atoms with Crippen LogP contribution in [-0.4, -0.2) is 5.60 Å². The van der Waals surface area contributed by atoms with Crippen LogP contribution in [0.5, 0.6) is 5.75 Å². The molecule has 0 spiro atoms. The summed E-state index contributed by atoms with van der Waals surface area (Å²) in [4.78, 5) is 0. The summed E-state index contributed by atoms with van der Waals surface area (Å²) < 4.78 is 6.08. The van der Waals surface area contributed by atoms with E-state index in [1.54, 1.807) is 0 Å². The third kappa shape index (κ3) is 3.76. The van der Waals surface area contributed by atoms with Crippen molar-refractivity contribution in [3.8, 4) is 5.75 Å². The molecule has 1 aromatic carbocycles. The summed E-state index contributed by atoms with van der Waals surface area (Å²) in [6.07, 6.45) is 4.73. The number of hydrogen-bond donors (Lipinski definition) is 0. The van der Waals surface area contributed by atoms with Crippen molar-refractivity contribution in [2.24, 2.45) is 0 Å². The van der Waals surface area contributed by atoms with E-state index in [1.165, 1.54) is 11.1 Å². The summed E-state index contributed by atoms with van der Waals surface area (Å²) in [5.74, 6) is 1.37. The largest absolute Gasteiger partial charge is 0.484 e. The van der Waals surface area contributed by atoms with Gasteiger partial charge in [-0.2, -0.15) is 0 Å². The third-order valence-electron chi connectivity index (χ3n) is 3.08. The van der Waals surface area contributed by atoms with Crippen LogP contribution >= 0.6 is 0 Å². The Labute approximate surface area is 111 Å². The van der Waals surface area contributed by atoms with Gasteiger partial charge in [0.1, 0.15) is 11.4 Å². The van der Waals surface area contributed by atoms with E-state index >= 15 is 0 Å². The van der Waals surface area contributed by atoms with Gasteiger partial charge < -0.3 is 4.74 Å². The standard InChI is InChI=1S/C17H24O/c1-7-9-14(4)15-11-10-13(3)12-16(15)18-17(5,6)8-2/h7-8,10-12,14H,1-2,9H2,3-6H3. The van der Waals surface area contributed by atoms with Gasteiger partial charge in [0.05, 0.1) is 0 Å². The van der Waals surface area contributed by atoms with Crippen molar-refractivity contribution in [1.29, 1.82) is 0 Å². The van der Waals surface area contributed by atoms with Crippen LogP contribution < -0.4 is 4.74 Å². The first-order valence-corrected chi connectivity index (χ1v) is 6.43. The van der Waals surface area contributed by atoms with Crippen molar-refractivity contribution in [3.05, 3.63) is 54.6 Å². The van der Waals surface area contributed by atoms with Gasteiger partial charge in [-0.3, -0.25) is 0 Å². The molecule has 98 valence electrons. The lowest BCUT2D eigenvalue weighted by Gasteiger charge is -2.26. The minimum absolute atomic E-state index is 0.351. The summed E-state index contributed by atoms with van der Waals surface area (Å²) >= 11 is 0. The van der Waals surface area contributed by atoms with E-state index in [0.29, 0.717) is 5.92 Å². The Bertz CT molecular complexity index is 429. The summed E-state index contributed by atoms with van der Waals surface area (Å²) in [5.41, 5.74) is 2.09. The molecule has 0 radical (unpaired) electrons. The normalized spacial score (nSPS) is 12.9. The highest BCUT2D eigenvalue weighted by molar-refractivity contribution is 5.40. The molecule has 1 heteroatoms. The molecule has 0 N–H and O–H groups in total. The highest BCUT2D eigenvalue weighted by Gasteiger charge is 2.18. The van der Waals surface area contributed by atoms with Gasteiger partial charge >= 0.3 is 0 Å². The number of hydrogen-bond acceptors (Lipinski definition) is 1. The Morgan fingerprint density at radius 2 is 2.00 bits per heavy atom. The minimum atomic E-state index is -0.351. The minimum Gasteiger partial charge on any atom is -0.484 e. The van der Waals surface area contributed by atoms with Crippen LogP contribution in [0.15, 0.2) is 43.5 Å². The van der Waals surface area contributed by atoms with Crippen molar-refractivity contribution >= 4 is 0 Å². The predicted octanol–water partition coefficient (Wildman–Crippen LogP) is 5.02.